The number of nitrogens with one attached hydrogen (secondary N) is 1. The summed E-state index contributed by atoms with van der Waals surface area (Å²) in [7, 11) is 1.59. The Morgan fingerprint density at radius 3 is 3.14 bits per heavy atom. The predicted molar refractivity (Wildman–Crippen MR) is 54.1 cm³/mol. The van der Waals surface area contributed by atoms with Crippen LogP contribution < -0.4 is 15.0 Å². The molecule has 0 amide bonds. The van der Waals surface area contributed by atoms with Gasteiger partial charge in [-0.3, -0.25) is 0 Å². The highest BCUT2D eigenvalue weighted by Crippen LogP contribution is 2.39. The minimum Gasteiger partial charge on any atom is -0.454 e. The van der Waals surface area contributed by atoms with Gasteiger partial charge in [0, 0.05) is 6.54 Å². The van der Waals surface area contributed by atoms with Gasteiger partial charge in [0.1, 0.15) is 0 Å². The molecule has 0 fully saturated rings. The first-order valence-electron chi connectivity index (χ1n) is 4.15. The number of halogens is 1. The molecule has 0 radical (unpaired) electrons. The fourth-order valence-corrected chi connectivity index (χ4v) is 1.88. The van der Waals surface area contributed by atoms with Gasteiger partial charge in [-0.1, -0.05) is 0 Å². The summed E-state index contributed by atoms with van der Waals surface area (Å²) in [5, 5.41) is 0. The van der Waals surface area contributed by atoms with Crippen molar-refractivity contribution in [3.63, 3.8) is 0 Å². The monoisotopic (exact) mass is 259 g/mol. The molecular weight excluding hydrogens is 250 g/mol. The van der Waals surface area contributed by atoms with Crippen molar-refractivity contribution >= 4 is 15.9 Å². The second-order valence-corrected chi connectivity index (χ2v) is 3.69. The Hall–Kier alpha value is -0.780. The highest BCUT2D eigenvalue weighted by atomic mass is 79.9. The molecule has 1 aromatic rings. The molecule has 1 aromatic carbocycles. The fourth-order valence-electron chi connectivity index (χ4n) is 1.28. The third-order valence-corrected chi connectivity index (χ3v) is 2.50. The first-order valence-corrected chi connectivity index (χ1v) is 4.94. The highest BCUT2D eigenvalue weighted by molar-refractivity contribution is 9.10. The number of fused-ring (bicyclic) bond motifs is 1. The van der Waals surface area contributed by atoms with Gasteiger partial charge >= 0.3 is 0 Å². The second-order valence-electron chi connectivity index (χ2n) is 2.84. The molecule has 0 aliphatic carbocycles. The predicted octanol–water partition coefficient (Wildman–Crippen LogP) is 1.83. The van der Waals surface area contributed by atoms with Gasteiger partial charge in [-0.15, -0.1) is 0 Å². The fraction of sp³-hybridized carbons (Fsp3) is 0.333. The molecule has 0 spiro atoms. The van der Waals surface area contributed by atoms with Crippen LogP contribution in [-0.4, -0.2) is 13.9 Å². The van der Waals surface area contributed by atoms with E-state index in [1.807, 2.05) is 12.1 Å². The average molecular weight is 260 g/mol. The number of hydroxylamine groups is 1. The van der Waals surface area contributed by atoms with E-state index in [1.54, 1.807) is 7.11 Å². The molecule has 4 nitrogen and oxygen atoms in total. The van der Waals surface area contributed by atoms with Gasteiger partial charge < -0.3 is 14.3 Å². The lowest BCUT2D eigenvalue weighted by molar-refractivity contribution is 0.0866. The van der Waals surface area contributed by atoms with Crippen molar-refractivity contribution in [3.05, 3.63) is 22.2 Å². The van der Waals surface area contributed by atoms with Gasteiger partial charge in [0.15, 0.2) is 11.5 Å². The van der Waals surface area contributed by atoms with Crippen molar-refractivity contribution in [2.45, 2.75) is 6.54 Å². The molecule has 1 aliphatic heterocycles. The molecule has 1 aliphatic rings. The van der Waals surface area contributed by atoms with E-state index in [2.05, 4.69) is 21.4 Å². The first kappa shape index (κ1) is 9.76. The van der Waals surface area contributed by atoms with Crippen molar-refractivity contribution in [3.8, 4) is 11.5 Å². The number of ether oxygens (including phenoxy) is 2. The Balaban J connectivity index is 2.23. The van der Waals surface area contributed by atoms with Crippen molar-refractivity contribution in [2.75, 3.05) is 13.9 Å². The van der Waals surface area contributed by atoms with E-state index in [1.165, 1.54) is 0 Å². The molecular formula is C9H10BrNO3. The van der Waals surface area contributed by atoms with Crippen LogP contribution in [0.4, 0.5) is 0 Å². The lowest BCUT2D eigenvalue weighted by atomic mass is 10.2. The van der Waals surface area contributed by atoms with Gasteiger partial charge in [0.2, 0.25) is 6.79 Å². The van der Waals surface area contributed by atoms with Crippen LogP contribution in [0.1, 0.15) is 5.56 Å². The van der Waals surface area contributed by atoms with Crippen molar-refractivity contribution in [1.82, 2.24) is 5.48 Å². The first-order chi connectivity index (χ1) is 6.81. The summed E-state index contributed by atoms with van der Waals surface area (Å²) < 4.78 is 11.5. The number of hydrogen-bond donors (Lipinski definition) is 1. The van der Waals surface area contributed by atoms with Gasteiger partial charge in [0.25, 0.3) is 0 Å². The van der Waals surface area contributed by atoms with Crippen LogP contribution in [-0.2, 0) is 11.4 Å². The third-order valence-electron chi connectivity index (χ3n) is 1.91. The van der Waals surface area contributed by atoms with Gasteiger partial charge in [-0.05, 0) is 33.6 Å². The summed E-state index contributed by atoms with van der Waals surface area (Å²) >= 11 is 3.42. The largest absolute Gasteiger partial charge is 0.454 e. The van der Waals surface area contributed by atoms with E-state index >= 15 is 0 Å². The van der Waals surface area contributed by atoms with E-state index in [-0.39, 0.29) is 6.79 Å². The van der Waals surface area contributed by atoms with E-state index in [0.29, 0.717) is 6.54 Å². The van der Waals surface area contributed by atoms with Crippen molar-refractivity contribution in [1.29, 1.82) is 0 Å². The zero-order chi connectivity index (χ0) is 9.97. The van der Waals surface area contributed by atoms with Gasteiger partial charge in [-0.25, -0.2) is 0 Å². The van der Waals surface area contributed by atoms with Crippen LogP contribution >= 0.6 is 15.9 Å². The molecule has 0 saturated carbocycles. The Morgan fingerprint density at radius 1 is 1.50 bits per heavy atom. The maximum atomic E-state index is 5.28. The number of rotatable bonds is 3. The lowest BCUT2D eigenvalue weighted by Gasteiger charge is -2.05. The molecule has 0 atom stereocenters. The molecule has 14 heavy (non-hydrogen) atoms. The van der Waals surface area contributed by atoms with Crippen LogP contribution in [0.5, 0.6) is 11.5 Å². The molecule has 0 aromatic heterocycles. The molecule has 1 heterocycles. The minimum atomic E-state index is 0.287. The molecule has 1 N–H and O–H groups in total. The van der Waals surface area contributed by atoms with Crippen molar-refractivity contribution < 1.29 is 14.3 Å². The highest BCUT2D eigenvalue weighted by Gasteiger charge is 2.17. The molecule has 0 bridgehead atoms. The summed E-state index contributed by atoms with van der Waals surface area (Å²) in [6.07, 6.45) is 0. The maximum Gasteiger partial charge on any atom is 0.231 e. The van der Waals surface area contributed by atoms with Crippen molar-refractivity contribution in [2.24, 2.45) is 0 Å². The van der Waals surface area contributed by atoms with Gasteiger partial charge in [-0.2, -0.15) is 5.48 Å². The van der Waals surface area contributed by atoms with E-state index < -0.39 is 0 Å². The van der Waals surface area contributed by atoms with Crippen LogP contribution in [0.15, 0.2) is 16.6 Å². The summed E-state index contributed by atoms with van der Waals surface area (Å²) in [4.78, 5) is 4.77. The third kappa shape index (κ3) is 1.84. The molecule has 5 heteroatoms. The van der Waals surface area contributed by atoms with E-state index in [4.69, 9.17) is 14.3 Å². The molecule has 76 valence electrons. The topological polar surface area (TPSA) is 39.7 Å². The summed E-state index contributed by atoms with van der Waals surface area (Å²) in [5.41, 5.74) is 3.84. The standard InChI is InChI=1S/C9H10BrNO3/c1-12-11-4-6-2-7(10)9-8(3-6)13-5-14-9/h2-3,11H,4-5H2,1H3. The summed E-state index contributed by atoms with van der Waals surface area (Å²) in [6.45, 7) is 0.917. The maximum absolute atomic E-state index is 5.28. The molecule has 2 rings (SSSR count). The Morgan fingerprint density at radius 2 is 2.36 bits per heavy atom. The minimum absolute atomic E-state index is 0.287. The van der Waals surface area contributed by atoms with E-state index in [9.17, 15) is 0 Å². The average Bonchev–Trinajstić information content (AvgIpc) is 2.63. The molecule has 0 unspecified atom stereocenters. The van der Waals surface area contributed by atoms with Gasteiger partial charge in [0.05, 0.1) is 11.6 Å². The summed E-state index contributed by atoms with van der Waals surface area (Å²) in [5.74, 6) is 1.54. The second kappa shape index (κ2) is 4.16. The number of benzene rings is 1. The smallest absolute Gasteiger partial charge is 0.231 e. The van der Waals surface area contributed by atoms with Crippen LogP contribution in [0.25, 0.3) is 0 Å². The molecule has 0 saturated heterocycles. The lowest BCUT2D eigenvalue weighted by Crippen LogP contribution is -2.10. The number of hydrogen-bond acceptors (Lipinski definition) is 4. The SMILES string of the molecule is CONCc1cc(Br)c2c(c1)OCO2. The van der Waals surface area contributed by atoms with E-state index in [0.717, 1.165) is 21.5 Å². The normalized spacial score (nSPS) is 13.3. The summed E-state index contributed by atoms with van der Waals surface area (Å²) in [6, 6.07) is 3.90. The zero-order valence-electron chi connectivity index (χ0n) is 7.67. The zero-order valence-corrected chi connectivity index (χ0v) is 9.26. The van der Waals surface area contributed by atoms with Crippen LogP contribution in [0, 0.1) is 0 Å². The quantitative estimate of drug-likeness (QED) is 0.841. The Labute approximate surface area is 90.2 Å². The van der Waals surface area contributed by atoms with Crippen LogP contribution in [0.3, 0.4) is 0 Å². The Kier molecular flexibility index (Phi) is 2.90. The van der Waals surface area contributed by atoms with Crippen LogP contribution in [0.2, 0.25) is 0 Å². The Bertz CT molecular complexity index is 343.